The summed E-state index contributed by atoms with van der Waals surface area (Å²) in [5, 5.41) is 0. The molecule has 0 aromatic heterocycles. The molecular weight excluding hydrogens is 266 g/mol. The van der Waals surface area contributed by atoms with Crippen molar-refractivity contribution in [2.45, 2.75) is 26.3 Å². The quantitative estimate of drug-likeness (QED) is 0.611. The molecule has 0 aliphatic rings. The van der Waals surface area contributed by atoms with E-state index in [4.69, 9.17) is 16.3 Å². The van der Waals surface area contributed by atoms with Gasteiger partial charge in [0.1, 0.15) is 11.3 Å². The molecule has 0 amide bonds. The zero-order valence-electron chi connectivity index (χ0n) is 10.0. The molecule has 1 aromatic rings. The van der Waals surface area contributed by atoms with E-state index in [9.17, 15) is 13.6 Å². The van der Waals surface area contributed by atoms with Gasteiger partial charge in [0, 0.05) is 5.56 Å². The SMILES string of the molecule is CCOC(=O)c1cc(C)cc(CCl)c1OC(F)F. The number of benzene rings is 1. The first-order valence-electron chi connectivity index (χ1n) is 5.31. The summed E-state index contributed by atoms with van der Waals surface area (Å²) in [5.74, 6) is -0.955. The number of aryl methyl sites for hydroxylation is 1. The zero-order valence-corrected chi connectivity index (χ0v) is 10.8. The van der Waals surface area contributed by atoms with Crippen molar-refractivity contribution >= 4 is 17.6 Å². The maximum atomic E-state index is 12.3. The van der Waals surface area contributed by atoms with E-state index in [1.807, 2.05) is 0 Å². The summed E-state index contributed by atoms with van der Waals surface area (Å²) in [6.07, 6.45) is 0. The molecule has 1 aromatic carbocycles. The molecule has 0 N–H and O–H groups in total. The minimum absolute atomic E-state index is 0.0316. The molecular formula is C12H13ClF2O3. The fourth-order valence-corrected chi connectivity index (χ4v) is 1.73. The smallest absolute Gasteiger partial charge is 0.387 e. The van der Waals surface area contributed by atoms with Crippen LogP contribution in [0.3, 0.4) is 0 Å². The first-order chi connectivity index (χ1) is 8.49. The van der Waals surface area contributed by atoms with Gasteiger partial charge in [0.2, 0.25) is 0 Å². The lowest BCUT2D eigenvalue weighted by Crippen LogP contribution is -2.12. The summed E-state index contributed by atoms with van der Waals surface area (Å²) in [7, 11) is 0. The average Bonchev–Trinajstić information content (AvgIpc) is 2.30. The third-order valence-corrected chi connectivity index (χ3v) is 2.44. The van der Waals surface area contributed by atoms with Crippen LogP contribution >= 0.6 is 11.6 Å². The van der Waals surface area contributed by atoms with E-state index in [-0.39, 0.29) is 23.8 Å². The molecule has 0 radical (unpaired) electrons. The molecule has 0 spiro atoms. The van der Waals surface area contributed by atoms with E-state index in [0.717, 1.165) is 5.56 Å². The molecule has 0 atom stereocenters. The lowest BCUT2D eigenvalue weighted by atomic mass is 10.1. The number of ether oxygens (including phenoxy) is 2. The topological polar surface area (TPSA) is 35.5 Å². The van der Waals surface area contributed by atoms with E-state index >= 15 is 0 Å². The molecule has 0 bridgehead atoms. The van der Waals surface area contributed by atoms with Crippen molar-refractivity contribution in [2.75, 3.05) is 6.61 Å². The van der Waals surface area contributed by atoms with Gasteiger partial charge in [0.15, 0.2) is 0 Å². The molecule has 18 heavy (non-hydrogen) atoms. The third kappa shape index (κ3) is 3.57. The Kier molecular flexibility index (Phi) is 5.34. The van der Waals surface area contributed by atoms with Crippen molar-refractivity contribution in [1.82, 2.24) is 0 Å². The minimum atomic E-state index is -3.03. The summed E-state index contributed by atoms with van der Waals surface area (Å²) in [4.78, 5) is 11.7. The van der Waals surface area contributed by atoms with Crippen LogP contribution in [0.5, 0.6) is 5.75 Å². The van der Waals surface area contributed by atoms with Gasteiger partial charge in [-0.2, -0.15) is 8.78 Å². The number of rotatable bonds is 5. The Hall–Kier alpha value is -1.36. The lowest BCUT2D eigenvalue weighted by molar-refractivity contribution is -0.0509. The van der Waals surface area contributed by atoms with Crippen molar-refractivity contribution in [2.24, 2.45) is 0 Å². The first-order valence-corrected chi connectivity index (χ1v) is 5.84. The molecule has 100 valence electrons. The number of hydrogen-bond acceptors (Lipinski definition) is 3. The Morgan fingerprint density at radius 2 is 2.11 bits per heavy atom. The highest BCUT2D eigenvalue weighted by atomic mass is 35.5. The largest absolute Gasteiger partial charge is 0.462 e. The summed E-state index contributed by atoms with van der Waals surface area (Å²) < 4.78 is 33.9. The molecule has 3 nitrogen and oxygen atoms in total. The van der Waals surface area contributed by atoms with Crippen molar-refractivity contribution < 1.29 is 23.0 Å². The van der Waals surface area contributed by atoms with Crippen LogP contribution in [0.15, 0.2) is 12.1 Å². The Bertz CT molecular complexity index is 436. The van der Waals surface area contributed by atoms with Gasteiger partial charge in [0.05, 0.1) is 12.5 Å². The molecule has 1 rings (SSSR count). The van der Waals surface area contributed by atoms with Gasteiger partial charge in [-0.15, -0.1) is 11.6 Å². The predicted molar refractivity (Wildman–Crippen MR) is 63.3 cm³/mol. The van der Waals surface area contributed by atoms with Crippen LogP contribution < -0.4 is 4.74 Å². The Morgan fingerprint density at radius 3 is 2.61 bits per heavy atom. The van der Waals surface area contributed by atoms with Crippen LogP contribution in [-0.4, -0.2) is 19.2 Å². The maximum Gasteiger partial charge on any atom is 0.387 e. The summed E-state index contributed by atoms with van der Waals surface area (Å²) in [5.41, 5.74) is 1.02. The summed E-state index contributed by atoms with van der Waals surface area (Å²) in [6.45, 7) is 0.481. The van der Waals surface area contributed by atoms with E-state index in [1.54, 1.807) is 19.9 Å². The van der Waals surface area contributed by atoms with E-state index in [1.165, 1.54) is 6.07 Å². The number of alkyl halides is 3. The Morgan fingerprint density at radius 1 is 1.44 bits per heavy atom. The number of halogens is 3. The molecule has 0 saturated heterocycles. The van der Waals surface area contributed by atoms with E-state index in [0.29, 0.717) is 5.56 Å². The fraction of sp³-hybridized carbons (Fsp3) is 0.417. The second-order valence-corrected chi connectivity index (χ2v) is 3.80. The Balaban J connectivity index is 3.27. The molecule has 0 aliphatic carbocycles. The third-order valence-electron chi connectivity index (χ3n) is 2.16. The maximum absolute atomic E-state index is 12.3. The minimum Gasteiger partial charge on any atom is -0.462 e. The van der Waals surface area contributed by atoms with Crippen LogP contribution in [0.2, 0.25) is 0 Å². The lowest BCUT2D eigenvalue weighted by Gasteiger charge is -2.14. The van der Waals surface area contributed by atoms with Gasteiger partial charge < -0.3 is 9.47 Å². The summed E-state index contributed by atoms with van der Waals surface area (Å²) >= 11 is 5.66. The molecule has 0 fully saturated rings. The van der Waals surface area contributed by atoms with Crippen molar-refractivity contribution in [3.05, 3.63) is 28.8 Å². The van der Waals surface area contributed by atoms with E-state index < -0.39 is 12.6 Å². The van der Waals surface area contributed by atoms with Gasteiger partial charge in [-0.05, 0) is 25.5 Å². The zero-order chi connectivity index (χ0) is 13.7. The van der Waals surface area contributed by atoms with Gasteiger partial charge in [-0.1, -0.05) is 6.07 Å². The van der Waals surface area contributed by atoms with Gasteiger partial charge in [-0.25, -0.2) is 4.79 Å². The molecule has 0 saturated carbocycles. The number of carbonyl (C=O) groups excluding carboxylic acids is 1. The first kappa shape index (κ1) is 14.7. The fourth-order valence-electron chi connectivity index (χ4n) is 1.54. The van der Waals surface area contributed by atoms with Crippen LogP contribution in [0.1, 0.15) is 28.4 Å². The Labute approximate surface area is 109 Å². The van der Waals surface area contributed by atoms with Crippen LogP contribution in [0, 0.1) is 6.92 Å². The van der Waals surface area contributed by atoms with Gasteiger partial charge in [0.25, 0.3) is 0 Å². The molecule has 0 unspecified atom stereocenters. The monoisotopic (exact) mass is 278 g/mol. The summed E-state index contributed by atoms with van der Waals surface area (Å²) in [6, 6.07) is 3.03. The van der Waals surface area contributed by atoms with E-state index in [2.05, 4.69) is 4.74 Å². The normalized spacial score (nSPS) is 10.6. The highest BCUT2D eigenvalue weighted by molar-refractivity contribution is 6.17. The number of carbonyl (C=O) groups is 1. The molecule has 0 heterocycles. The second-order valence-electron chi connectivity index (χ2n) is 3.53. The highest BCUT2D eigenvalue weighted by Gasteiger charge is 2.20. The van der Waals surface area contributed by atoms with Crippen LogP contribution in [-0.2, 0) is 10.6 Å². The number of esters is 1. The van der Waals surface area contributed by atoms with Crippen molar-refractivity contribution in [3.8, 4) is 5.75 Å². The van der Waals surface area contributed by atoms with Crippen LogP contribution in [0.4, 0.5) is 8.78 Å². The predicted octanol–water partition coefficient (Wildman–Crippen LogP) is 3.51. The van der Waals surface area contributed by atoms with Gasteiger partial charge >= 0.3 is 12.6 Å². The second kappa shape index (κ2) is 6.54. The average molecular weight is 279 g/mol. The molecule has 6 heteroatoms. The van der Waals surface area contributed by atoms with Crippen molar-refractivity contribution in [3.63, 3.8) is 0 Å². The molecule has 0 aliphatic heterocycles. The van der Waals surface area contributed by atoms with Crippen LogP contribution in [0.25, 0.3) is 0 Å². The standard InChI is InChI=1S/C12H13ClF2O3/c1-3-17-11(16)9-5-7(2)4-8(6-13)10(9)18-12(14)15/h4-5,12H,3,6H2,1-2H3. The van der Waals surface area contributed by atoms with Gasteiger partial charge in [-0.3, -0.25) is 0 Å². The van der Waals surface area contributed by atoms with Crippen molar-refractivity contribution in [1.29, 1.82) is 0 Å². The number of hydrogen-bond donors (Lipinski definition) is 0. The highest BCUT2D eigenvalue weighted by Crippen LogP contribution is 2.29.